The van der Waals surface area contributed by atoms with Gasteiger partial charge in [0.25, 0.3) is 0 Å². The number of carboxylic acid groups (broad SMARTS) is 1. The zero-order valence-corrected chi connectivity index (χ0v) is 13.7. The highest BCUT2D eigenvalue weighted by Gasteiger charge is 2.11. The molecule has 114 valence electrons. The molecule has 0 aliphatic heterocycles. The number of hydrogen-bond donors (Lipinski definition) is 2. The van der Waals surface area contributed by atoms with Crippen LogP contribution in [0.5, 0.6) is 0 Å². The van der Waals surface area contributed by atoms with E-state index in [0.29, 0.717) is 27.0 Å². The van der Waals surface area contributed by atoms with Gasteiger partial charge in [0.05, 0.1) is 32.0 Å². The number of rotatable bonds is 4. The first-order valence-electron chi connectivity index (χ1n) is 6.17. The van der Waals surface area contributed by atoms with Crippen molar-refractivity contribution < 1.29 is 9.90 Å². The van der Waals surface area contributed by atoms with E-state index in [1.54, 1.807) is 31.2 Å². The fourth-order valence-electron chi connectivity index (χ4n) is 1.74. The molecule has 22 heavy (non-hydrogen) atoms. The van der Waals surface area contributed by atoms with Gasteiger partial charge in [0, 0.05) is 5.56 Å². The van der Waals surface area contributed by atoms with Crippen LogP contribution in [-0.4, -0.2) is 16.8 Å². The van der Waals surface area contributed by atoms with E-state index in [1.165, 1.54) is 12.1 Å². The number of carbonyl (C=O) groups is 1. The summed E-state index contributed by atoms with van der Waals surface area (Å²) in [5.74, 6) is -1.00. The van der Waals surface area contributed by atoms with Gasteiger partial charge in [-0.2, -0.15) is 5.10 Å². The number of carboxylic acids is 1. The van der Waals surface area contributed by atoms with Crippen molar-refractivity contribution in [1.29, 1.82) is 0 Å². The maximum Gasteiger partial charge on any atom is 0.335 e. The Morgan fingerprint density at radius 1 is 1.14 bits per heavy atom. The Bertz CT molecular complexity index is 760. The Morgan fingerprint density at radius 2 is 1.86 bits per heavy atom. The van der Waals surface area contributed by atoms with Crippen molar-refractivity contribution in [3.63, 3.8) is 0 Å². The predicted molar refractivity (Wildman–Crippen MR) is 90.7 cm³/mol. The minimum atomic E-state index is -1.00. The summed E-state index contributed by atoms with van der Waals surface area (Å²) in [6.45, 7) is 1.75. The van der Waals surface area contributed by atoms with Crippen molar-refractivity contribution in [3.8, 4) is 0 Å². The molecule has 2 aromatic carbocycles. The van der Waals surface area contributed by atoms with E-state index in [9.17, 15) is 4.79 Å². The fourth-order valence-corrected chi connectivity index (χ4v) is 2.41. The zero-order valence-electron chi connectivity index (χ0n) is 11.4. The van der Waals surface area contributed by atoms with Crippen LogP contribution < -0.4 is 5.43 Å². The normalized spacial score (nSPS) is 11.4. The largest absolute Gasteiger partial charge is 0.478 e. The van der Waals surface area contributed by atoms with Crippen molar-refractivity contribution in [1.82, 2.24) is 0 Å². The highest BCUT2D eigenvalue weighted by atomic mass is 35.5. The SMILES string of the molecule is C/C(=N/Nc1cccc(C(=O)O)c1)c1ccc(Cl)c(Cl)c1Cl. The standard InChI is InChI=1S/C15H11Cl3N2O2/c1-8(11-5-6-12(16)14(18)13(11)17)19-20-10-4-2-3-9(7-10)15(21)22/h2-7,20H,1H3,(H,21,22)/b19-8-. The summed E-state index contributed by atoms with van der Waals surface area (Å²) in [6.07, 6.45) is 0. The Labute approximate surface area is 142 Å². The number of nitrogens with zero attached hydrogens (tertiary/aromatic N) is 1. The van der Waals surface area contributed by atoms with E-state index in [4.69, 9.17) is 39.9 Å². The van der Waals surface area contributed by atoms with Crippen LogP contribution in [0, 0.1) is 0 Å². The molecule has 0 unspecified atom stereocenters. The third-order valence-electron chi connectivity index (χ3n) is 2.89. The number of hydrazone groups is 1. The van der Waals surface area contributed by atoms with E-state index in [2.05, 4.69) is 10.5 Å². The third kappa shape index (κ3) is 3.71. The van der Waals surface area contributed by atoms with Gasteiger partial charge < -0.3 is 5.11 Å². The number of benzene rings is 2. The molecule has 0 aromatic heterocycles. The second-order valence-corrected chi connectivity index (χ2v) is 5.58. The molecule has 0 aliphatic rings. The van der Waals surface area contributed by atoms with Crippen molar-refractivity contribution in [2.24, 2.45) is 5.10 Å². The minimum absolute atomic E-state index is 0.172. The molecule has 0 saturated heterocycles. The van der Waals surface area contributed by atoms with Crippen LogP contribution >= 0.6 is 34.8 Å². The lowest BCUT2D eigenvalue weighted by Gasteiger charge is -2.08. The first kappa shape index (κ1) is 16.6. The quantitative estimate of drug-likeness (QED) is 0.450. The topological polar surface area (TPSA) is 61.7 Å². The molecule has 0 atom stereocenters. The Kier molecular flexibility index (Phi) is 5.29. The average Bonchev–Trinajstić information content (AvgIpc) is 2.50. The van der Waals surface area contributed by atoms with Crippen molar-refractivity contribution in [2.75, 3.05) is 5.43 Å². The summed E-state index contributed by atoms with van der Waals surface area (Å²) in [7, 11) is 0. The van der Waals surface area contributed by atoms with E-state index in [1.807, 2.05) is 0 Å². The number of anilines is 1. The zero-order chi connectivity index (χ0) is 16.3. The molecule has 0 amide bonds. The molecule has 2 aromatic rings. The van der Waals surface area contributed by atoms with Gasteiger partial charge in [-0.1, -0.05) is 46.9 Å². The summed E-state index contributed by atoms with van der Waals surface area (Å²) < 4.78 is 0. The molecule has 0 spiro atoms. The number of nitrogens with one attached hydrogen (secondary N) is 1. The van der Waals surface area contributed by atoms with Crippen LogP contribution in [0.1, 0.15) is 22.8 Å². The van der Waals surface area contributed by atoms with E-state index in [0.717, 1.165) is 0 Å². The van der Waals surface area contributed by atoms with Gasteiger partial charge in [0.2, 0.25) is 0 Å². The van der Waals surface area contributed by atoms with Gasteiger partial charge in [-0.15, -0.1) is 0 Å². The van der Waals surface area contributed by atoms with Gasteiger partial charge in [0.1, 0.15) is 0 Å². The highest BCUT2D eigenvalue weighted by molar-refractivity contribution is 6.49. The Hall–Kier alpha value is -1.75. The number of halogens is 3. The second-order valence-electron chi connectivity index (χ2n) is 4.42. The van der Waals surface area contributed by atoms with Crippen molar-refractivity contribution in [2.45, 2.75) is 6.92 Å². The first-order valence-corrected chi connectivity index (χ1v) is 7.31. The number of hydrogen-bond acceptors (Lipinski definition) is 3. The molecular formula is C15H11Cl3N2O2. The second kappa shape index (κ2) is 7.01. The van der Waals surface area contributed by atoms with Gasteiger partial charge in [-0.25, -0.2) is 4.79 Å². The summed E-state index contributed by atoms with van der Waals surface area (Å²) in [5, 5.41) is 14.1. The summed E-state index contributed by atoms with van der Waals surface area (Å²) in [6, 6.07) is 9.66. The van der Waals surface area contributed by atoms with Crippen LogP contribution in [0.3, 0.4) is 0 Å². The molecule has 0 bridgehead atoms. The average molecular weight is 358 g/mol. The maximum absolute atomic E-state index is 10.9. The van der Waals surface area contributed by atoms with Crippen LogP contribution in [0.2, 0.25) is 15.1 Å². The fraction of sp³-hybridized carbons (Fsp3) is 0.0667. The smallest absolute Gasteiger partial charge is 0.335 e. The molecule has 0 heterocycles. The Balaban J connectivity index is 2.25. The predicted octanol–water partition coefficient (Wildman–Crippen LogP) is 5.18. The third-order valence-corrected chi connectivity index (χ3v) is 4.18. The van der Waals surface area contributed by atoms with Crippen LogP contribution in [0.15, 0.2) is 41.5 Å². The summed E-state index contributed by atoms with van der Waals surface area (Å²) >= 11 is 18.0. The molecular weight excluding hydrogens is 347 g/mol. The van der Waals surface area contributed by atoms with Gasteiger partial charge in [0.15, 0.2) is 0 Å². The van der Waals surface area contributed by atoms with Gasteiger partial charge >= 0.3 is 5.97 Å². The van der Waals surface area contributed by atoms with Gasteiger partial charge in [-0.3, -0.25) is 5.43 Å². The van der Waals surface area contributed by atoms with Crippen LogP contribution in [0.4, 0.5) is 5.69 Å². The molecule has 0 radical (unpaired) electrons. The number of aromatic carboxylic acids is 1. The monoisotopic (exact) mass is 356 g/mol. The minimum Gasteiger partial charge on any atom is -0.478 e. The van der Waals surface area contributed by atoms with Crippen molar-refractivity contribution >= 4 is 52.2 Å². The molecule has 7 heteroatoms. The van der Waals surface area contributed by atoms with Gasteiger partial charge in [-0.05, 0) is 31.2 Å². The van der Waals surface area contributed by atoms with E-state index < -0.39 is 5.97 Å². The lowest BCUT2D eigenvalue weighted by molar-refractivity contribution is 0.0697. The van der Waals surface area contributed by atoms with Crippen LogP contribution in [0.25, 0.3) is 0 Å². The van der Waals surface area contributed by atoms with E-state index in [-0.39, 0.29) is 10.6 Å². The molecule has 4 nitrogen and oxygen atoms in total. The highest BCUT2D eigenvalue weighted by Crippen LogP contribution is 2.32. The summed E-state index contributed by atoms with van der Waals surface area (Å²) in [5.41, 5.74) is 4.74. The molecule has 0 aliphatic carbocycles. The van der Waals surface area contributed by atoms with Crippen LogP contribution in [-0.2, 0) is 0 Å². The lowest BCUT2D eigenvalue weighted by Crippen LogP contribution is -2.02. The van der Waals surface area contributed by atoms with Crippen molar-refractivity contribution in [3.05, 3.63) is 62.6 Å². The maximum atomic E-state index is 10.9. The first-order chi connectivity index (χ1) is 10.4. The molecule has 2 N–H and O–H groups in total. The van der Waals surface area contributed by atoms with E-state index >= 15 is 0 Å². The lowest BCUT2D eigenvalue weighted by atomic mass is 10.1. The molecule has 2 rings (SSSR count). The molecule has 0 fully saturated rings. The Morgan fingerprint density at radius 3 is 2.55 bits per heavy atom. The molecule has 0 saturated carbocycles. The summed E-state index contributed by atoms with van der Waals surface area (Å²) in [4.78, 5) is 10.9.